The lowest BCUT2D eigenvalue weighted by atomic mass is 10.2. The van der Waals surface area contributed by atoms with Gasteiger partial charge in [0, 0.05) is 31.2 Å². The fraction of sp³-hybridized carbons (Fsp3) is 0.500. The average molecular weight is 228 g/mol. The number of hydrogen-bond acceptors (Lipinski definition) is 4. The fourth-order valence-corrected chi connectivity index (χ4v) is 2.33. The summed E-state index contributed by atoms with van der Waals surface area (Å²) in [5.74, 6) is 0.160. The van der Waals surface area contributed by atoms with E-state index in [2.05, 4.69) is 10.3 Å². The van der Waals surface area contributed by atoms with E-state index in [1.807, 2.05) is 19.1 Å². The molecular formula is C10H16N2O2S. The van der Waals surface area contributed by atoms with Gasteiger partial charge in [-0.3, -0.25) is 4.98 Å². The highest BCUT2D eigenvalue weighted by atomic mass is 32.2. The lowest BCUT2D eigenvalue weighted by Crippen LogP contribution is -2.32. The third-order valence-electron chi connectivity index (χ3n) is 1.93. The fourth-order valence-electron chi connectivity index (χ4n) is 1.31. The standard InChI is InChI=1S/C10H16N2O2S/c1-9(8-15(2,13)14)12-7-10-4-3-5-11-6-10/h3-6,9,12H,7-8H2,1-2H3. The Morgan fingerprint density at radius 1 is 1.53 bits per heavy atom. The van der Waals surface area contributed by atoms with E-state index in [0.717, 1.165) is 5.56 Å². The van der Waals surface area contributed by atoms with Gasteiger partial charge in [-0.1, -0.05) is 6.07 Å². The Kier molecular flexibility index (Phi) is 4.23. The number of pyridine rings is 1. The van der Waals surface area contributed by atoms with Crippen LogP contribution < -0.4 is 5.32 Å². The molecule has 1 N–H and O–H groups in total. The zero-order valence-electron chi connectivity index (χ0n) is 8.97. The van der Waals surface area contributed by atoms with Crippen molar-refractivity contribution < 1.29 is 8.42 Å². The highest BCUT2D eigenvalue weighted by Crippen LogP contribution is 1.97. The van der Waals surface area contributed by atoms with Crippen LogP contribution in [0.4, 0.5) is 0 Å². The zero-order valence-corrected chi connectivity index (χ0v) is 9.79. The molecule has 1 rings (SSSR count). The molecule has 4 nitrogen and oxygen atoms in total. The SMILES string of the molecule is CC(CS(C)(=O)=O)NCc1cccnc1. The van der Waals surface area contributed by atoms with Crippen LogP contribution >= 0.6 is 0 Å². The quantitative estimate of drug-likeness (QED) is 0.802. The zero-order chi connectivity index (χ0) is 11.3. The number of aromatic nitrogens is 1. The summed E-state index contributed by atoms with van der Waals surface area (Å²) in [7, 11) is -2.91. The van der Waals surface area contributed by atoms with E-state index in [4.69, 9.17) is 0 Å². The molecule has 1 atom stereocenters. The molecule has 1 aromatic heterocycles. The van der Waals surface area contributed by atoms with E-state index in [0.29, 0.717) is 6.54 Å². The smallest absolute Gasteiger partial charge is 0.148 e. The number of hydrogen-bond donors (Lipinski definition) is 1. The summed E-state index contributed by atoms with van der Waals surface area (Å²) in [6.07, 6.45) is 4.72. The Labute approximate surface area is 90.7 Å². The van der Waals surface area contributed by atoms with E-state index in [-0.39, 0.29) is 11.8 Å². The van der Waals surface area contributed by atoms with Crippen molar-refractivity contribution in [2.24, 2.45) is 0 Å². The van der Waals surface area contributed by atoms with Crippen LogP contribution in [0.1, 0.15) is 12.5 Å². The summed E-state index contributed by atoms with van der Waals surface area (Å²) >= 11 is 0. The second kappa shape index (κ2) is 5.23. The molecule has 0 saturated heterocycles. The van der Waals surface area contributed by atoms with Gasteiger partial charge in [0.15, 0.2) is 0 Å². The Bertz CT molecular complexity index is 389. The van der Waals surface area contributed by atoms with Crippen LogP contribution in [0.2, 0.25) is 0 Å². The van der Waals surface area contributed by atoms with Crippen molar-refractivity contribution in [3.8, 4) is 0 Å². The molecule has 0 aliphatic rings. The molecule has 0 radical (unpaired) electrons. The van der Waals surface area contributed by atoms with Crippen molar-refractivity contribution in [1.29, 1.82) is 0 Å². The van der Waals surface area contributed by atoms with E-state index in [1.54, 1.807) is 12.4 Å². The van der Waals surface area contributed by atoms with E-state index in [1.165, 1.54) is 6.26 Å². The third-order valence-corrected chi connectivity index (χ3v) is 3.04. The predicted octanol–water partition coefficient (Wildman–Crippen LogP) is 0.604. The van der Waals surface area contributed by atoms with Crippen LogP contribution in [-0.4, -0.2) is 31.5 Å². The van der Waals surface area contributed by atoms with Crippen LogP contribution in [0, 0.1) is 0 Å². The summed E-state index contributed by atoms with van der Waals surface area (Å²) in [5.41, 5.74) is 1.05. The molecule has 5 heteroatoms. The highest BCUT2D eigenvalue weighted by Gasteiger charge is 2.09. The number of nitrogens with one attached hydrogen (secondary N) is 1. The van der Waals surface area contributed by atoms with Gasteiger partial charge in [-0.15, -0.1) is 0 Å². The molecule has 0 fully saturated rings. The first-order valence-electron chi connectivity index (χ1n) is 4.77. The van der Waals surface area contributed by atoms with Gasteiger partial charge >= 0.3 is 0 Å². The monoisotopic (exact) mass is 228 g/mol. The van der Waals surface area contributed by atoms with Gasteiger partial charge in [0.1, 0.15) is 9.84 Å². The average Bonchev–Trinajstić information content (AvgIpc) is 2.14. The molecule has 0 saturated carbocycles. The normalized spacial score (nSPS) is 13.7. The third kappa shape index (κ3) is 5.49. The molecule has 0 aliphatic heterocycles. The Hall–Kier alpha value is -0.940. The van der Waals surface area contributed by atoms with Crippen molar-refractivity contribution in [2.45, 2.75) is 19.5 Å². The summed E-state index contributed by atoms with van der Waals surface area (Å²) in [6.45, 7) is 2.50. The highest BCUT2D eigenvalue weighted by molar-refractivity contribution is 7.90. The Balaban J connectivity index is 2.38. The lowest BCUT2D eigenvalue weighted by molar-refractivity contribution is 0.559. The maximum Gasteiger partial charge on any atom is 0.148 e. The van der Waals surface area contributed by atoms with Gasteiger partial charge in [0.25, 0.3) is 0 Å². The molecule has 1 unspecified atom stereocenters. The maximum atomic E-state index is 11.0. The molecule has 0 aliphatic carbocycles. The molecule has 0 amide bonds. The number of nitrogens with zero attached hydrogens (tertiary/aromatic N) is 1. The second-order valence-electron chi connectivity index (χ2n) is 3.74. The topological polar surface area (TPSA) is 59.1 Å². The summed E-state index contributed by atoms with van der Waals surface area (Å²) < 4.78 is 22.0. The molecule has 0 bridgehead atoms. The van der Waals surface area contributed by atoms with Gasteiger partial charge in [-0.25, -0.2) is 8.42 Å². The van der Waals surface area contributed by atoms with Crippen molar-refractivity contribution >= 4 is 9.84 Å². The Morgan fingerprint density at radius 3 is 2.80 bits per heavy atom. The van der Waals surface area contributed by atoms with Crippen LogP contribution in [-0.2, 0) is 16.4 Å². The van der Waals surface area contributed by atoms with Gasteiger partial charge < -0.3 is 5.32 Å². The van der Waals surface area contributed by atoms with E-state index >= 15 is 0 Å². The maximum absolute atomic E-state index is 11.0. The van der Waals surface area contributed by atoms with Gasteiger partial charge in [0.05, 0.1) is 5.75 Å². The summed E-state index contributed by atoms with van der Waals surface area (Å²) in [5, 5.41) is 3.14. The van der Waals surface area contributed by atoms with Gasteiger partial charge in [0.2, 0.25) is 0 Å². The van der Waals surface area contributed by atoms with Crippen molar-refractivity contribution in [1.82, 2.24) is 10.3 Å². The second-order valence-corrected chi connectivity index (χ2v) is 5.92. The molecule has 84 valence electrons. The molecule has 1 aromatic rings. The van der Waals surface area contributed by atoms with Crippen LogP contribution in [0.15, 0.2) is 24.5 Å². The first-order valence-corrected chi connectivity index (χ1v) is 6.83. The van der Waals surface area contributed by atoms with E-state index < -0.39 is 9.84 Å². The van der Waals surface area contributed by atoms with Gasteiger partial charge in [-0.2, -0.15) is 0 Å². The molecular weight excluding hydrogens is 212 g/mol. The number of rotatable bonds is 5. The number of sulfone groups is 1. The van der Waals surface area contributed by atoms with Crippen molar-refractivity contribution in [3.63, 3.8) is 0 Å². The largest absolute Gasteiger partial charge is 0.309 e. The minimum atomic E-state index is -2.91. The summed E-state index contributed by atoms with van der Waals surface area (Å²) in [4.78, 5) is 3.98. The predicted molar refractivity (Wildman–Crippen MR) is 60.2 cm³/mol. The lowest BCUT2D eigenvalue weighted by Gasteiger charge is -2.12. The molecule has 0 spiro atoms. The van der Waals surface area contributed by atoms with Crippen molar-refractivity contribution in [2.75, 3.05) is 12.0 Å². The summed E-state index contributed by atoms with van der Waals surface area (Å²) in [6, 6.07) is 3.77. The van der Waals surface area contributed by atoms with Crippen molar-refractivity contribution in [3.05, 3.63) is 30.1 Å². The van der Waals surface area contributed by atoms with E-state index in [9.17, 15) is 8.42 Å². The van der Waals surface area contributed by atoms with Crippen LogP contribution in [0.3, 0.4) is 0 Å². The minimum absolute atomic E-state index is 0.0415. The van der Waals surface area contributed by atoms with Gasteiger partial charge in [-0.05, 0) is 18.6 Å². The molecule has 0 aromatic carbocycles. The first-order chi connectivity index (χ1) is 6.97. The Morgan fingerprint density at radius 2 is 2.27 bits per heavy atom. The van der Waals surface area contributed by atoms with Crippen LogP contribution in [0.5, 0.6) is 0 Å². The molecule has 1 heterocycles. The molecule has 15 heavy (non-hydrogen) atoms. The first kappa shape index (κ1) is 12.1. The van der Waals surface area contributed by atoms with Crippen LogP contribution in [0.25, 0.3) is 0 Å². The minimum Gasteiger partial charge on any atom is -0.309 e.